The molecule has 0 fully saturated rings. The molecule has 24 heavy (non-hydrogen) atoms. The zero-order valence-corrected chi connectivity index (χ0v) is 13.6. The topological polar surface area (TPSA) is 78.1 Å². The van der Waals surface area contributed by atoms with E-state index < -0.39 is 0 Å². The molecular weight excluding hydrogens is 306 g/mol. The van der Waals surface area contributed by atoms with E-state index in [1.807, 2.05) is 42.5 Å². The maximum Gasteiger partial charge on any atom is 0.193 e. The van der Waals surface area contributed by atoms with Crippen LogP contribution in [0.4, 0.5) is 5.69 Å². The molecule has 2 aromatic rings. The van der Waals surface area contributed by atoms with Gasteiger partial charge in [0, 0.05) is 23.7 Å². The van der Waals surface area contributed by atoms with Crippen LogP contribution < -0.4 is 25.3 Å². The van der Waals surface area contributed by atoms with Gasteiger partial charge in [-0.05, 0) is 18.2 Å². The van der Waals surface area contributed by atoms with Crippen LogP contribution in [0.5, 0.6) is 17.2 Å². The summed E-state index contributed by atoms with van der Waals surface area (Å²) in [5.41, 5.74) is 7.76. The Kier molecular flexibility index (Phi) is 5.05. The Hall–Kier alpha value is -2.89. The van der Waals surface area contributed by atoms with Crippen molar-refractivity contribution >= 4 is 11.6 Å². The molecule has 0 bridgehead atoms. The lowest BCUT2D eigenvalue weighted by molar-refractivity contribution is 0.297. The van der Waals surface area contributed by atoms with Gasteiger partial charge < -0.3 is 25.3 Å². The smallest absolute Gasteiger partial charge is 0.193 e. The summed E-state index contributed by atoms with van der Waals surface area (Å²) >= 11 is 0. The standard InChI is InChI=1S/C18H21N3O3/c1-22-15-6-3-2-5-13(15)12-20-18(19)21-14-7-8-16-17(11-14)24-10-4-9-23-16/h2-3,5-8,11H,4,9-10,12H2,1H3,(H3,19,20,21). The van der Waals surface area contributed by atoms with Gasteiger partial charge in [0.05, 0.1) is 26.9 Å². The highest BCUT2D eigenvalue weighted by molar-refractivity contribution is 5.92. The van der Waals surface area contributed by atoms with Crippen molar-refractivity contribution < 1.29 is 14.2 Å². The molecule has 0 aliphatic carbocycles. The number of nitrogens with two attached hydrogens (primary N) is 1. The summed E-state index contributed by atoms with van der Waals surface area (Å²) in [6.07, 6.45) is 0.875. The van der Waals surface area contributed by atoms with Crippen molar-refractivity contribution in [2.24, 2.45) is 10.7 Å². The molecule has 0 aromatic heterocycles. The molecule has 0 radical (unpaired) electrons. The summed E-state index contributed by atoms with van der Waals surface area (Å²) in [5, 5.41) is 3.07. The van der Waals surface area contributed by atoms with Crippen LogP contribution >= 0.6 is 0 Å². The van der Waals surface area contributed by atoms with Crippen LogP contribution in [0, 0.1) is 0 Å². The second-order valence-electron chi connectivity index (χ2n) is 5.35. The fourth-order valence-electron chi connectivity index (χ4n) is 2.43. The zero-order valence-electron chi connectivity index (χ0n) is 13.6. The van der Waals surface area contributed by atoms with Gasteiger partial charge in [-0.1, -0.05) is 18.2 Å². The van der Waals surface area contributed by atoms with E-state index in [9.17, 15) is 0 Å². The van der Waals surface area contributed by atoms with Gasteiger partial charge in [-0.15, -0.1) is 0 Å². The van der Waals surface area contributed by atoms with Gasteiger partial charge in [-0.2, -0.15) is 0 Å². The van der Waals surface area contributed by atoms with Crippen LogP contribution in [-0.2, 0) is 6.54 Å². The predicted octanol–water partition coefficient (Wildman–Crippen LogP) is 2.78. The number of ether oxygens (including phenoxy) is 3. The number of aliphatic imine (C=N–C) groups is 1. The molecule has 0 amide bonds. The summed E-state index contributed by atoms with van der Waals surface area (Å²) in [4.78, 5) is 4.36. The average molecular weight is 327 g/mol. The Morgan fingerprint density at radius 2 is 1.96 bits per heavy atom. The van der Waals surface area contributed by atoms with E-state index in [0.29, 0.717) is 25.7 Å². The Bertz CT molecular complexity index is 731. The number of nitrogens with zero attached hydrogens (tertiary/aromatic N) is 1. The first-order valence-corrected chi connectivity index (χ1v) is 7.85. The molecule has 1 heterocycles. The molecule has 0 saturated carbocycles. The first-order valence-electron chi connectivity index (χ1n) is 7.85. The molecule has 1 aliphatic rings. The monoisotopic (exact) mass is 327 g/mol. The van der Waals surface area contributed by atoms with Crippen molar-refractivity contribution in [3.63, 3.8) is 0 Å². The molecule has 6 nitrogen and oxygen atoms in total. The molecule has 6 heteroatoms. The van der Waals surface area contributed by atoms with Crippen molar-refractivity contribution in [1.29, 1.82) is 0 Å². The van der Waals surface area contributed by atoms with Crippen molar-refractivity contribution in [1.82, 2.24) is 0 Å². The van der Waals surface area contributed by atoms with E-state index in [1.165, 1.54) is 0 Å². The van der Waals surface area contributed by atoms with Crippen molar-refractivity contribution in [2.45, 2.75) is 13.0 Å². The normalized spacial score (nSPS) is 14.0. The molecule has 0 atom stereocenters. The minimum absolute atomic E-state index is 0.329. The summed E-state index contributed by atoms with van der Waals surface area (Å²) in [5.74, 6) is 2.60. The maximum absolute atomic E-state index is 5.98. The van der Waals surface area contributed by atoms with Crippen LogP contribution in [0.1, 0.15) is 12.0 Å². The largest absolute Gasteiger partial charge is 0.496 e. The van der Waals surface area contributed by atoms with Gasteiger partial charge in [-0.25, -0.2) is 4.99 Å². The predicted molar refractivity (Wildman–Crippen MR) is 94.0 cm³/mol. The van der Waals surface area contributed by atoms with Gasteiger partial charge in [0.25, 0.3) is 0 Å². The molecule has 0 unspecified atom stereocenters. The summed E-state index contributed by atoms with van der Waals surface area (Å²) in [6.45, 7) is 1.75. The third-order valence-corrected chi connectivity index (χ3v) is 3.63. The van der Waals surface area contributed by atoms with Crippen LogP contribution in [0.3, 0.4) is 0 Å². The highest BCUT2D eigenvalue weighted by Gasteiger charge is 2.11. The van der Waals surface area contributed by atoms with Crippen molar-refractivity contribution in [2.75, 3.05) is 25.6 Å². The first-order chi connectivity index (χ1) is 11.8. The second kappa shape index (κ2) is 7.59. The fourth-order valence-corrected chi connectivity index (χ4v) is 2.43. The molecule has 126 valence electrons. The van der Waals surface area contributed by atoms with Gasteiger partial charge in [0.1, 0.15) is 5.75 Å². The molecule has 3 N–H and O–H groups in total. The highest BCUT2D eigenvalue weighted by Crippen LogP contribution is 2.32. The highest BCUT2D eigenvalue weighted by atomic mass is 16.5. The first kappa shape index (κ1) is 16.0. The fraction of sp³-hybridized carbons (Fsp3) is 0.278. The zero-order chi connectivity index (χ0) is 16.8. The molecule has 3 rings (SSSR count). The van der Waals surface area contributed by atoms with E-state index in [-0.39, 0.29) is 0 Å². The van der Waals surface area contributed by atoms with E-state index in [1.54, 1.807) is 7.11 Å². The number of guanidine groups is 1. The Morgan fingerprint density at radius 3 is 2.79 bits per heavy atom. The van der Waals surface area contributed by atoms with E-state index in [4.69, 9.17) is 19.9 Å². The summed E-state index contributed by atoms with van der Waals surface area (Å²) < 4.78 is 16.6. The number of benzene rings is 2. The number of fused-ring (bicyclic) bond motifs is 1. The lowest BCUT2D eigenvalue weighted by Gasteiger charge is -2.11. The summed E-state index contributed by atoms with van der Waals surface area (Å²) in [7, 11) is 1.64. The van der Waals surface area contributed by atoms with Crippen molar-refractivity contribution in [3.8, 4) is 17.2 Å². The second-order valence-corrected chi connectivity index (χ2v) is 5.35. The van der Waals surface area contributed by atoms with Crippen LogP contribution in [0.15, 0.2) is 47.5 Å². The van der Waals surface area contributed by atoms with Crippen LogP contribution in [0.2, 0.25) is 0 Å². The van der Waals surface area contributed by atoms with Gasteiger partial charge in [-0.3, -0.25) is 0 Å². The van der Waals surface area contributed by atoms with Gasteiger partial charge in [0.2, 0.25) is 0 Å². The minimum atomic E-state index is 0.329. The number of hydrogen-bond donors (Lipinski definition) is 2. The number of rotatable bonds is 4. The van der Waals surface area contributed by atoms with Crippen LogP contribution in [0.25, 0.3) is 0 Å². The number of anilines is 1. The molecule has 0 spiro atoms. The third-order valence-electron chi connectivity index (χ3n) is 3.63. The van der Waals surface area contributed by atoms with E-state index >= 15 is 0 Å². The Labute approximate surface area is 141 Å². The van der Waals surface area contributed by atoms with E-state index in [2.05, 4.69) is 10.3 Å². The number of methoxy groups -OCH3 is 1. The molecule has 2 aromatic carbocycles. The van der Waals surface area contributed by atoms with Crippen LogP contribution in [-0.4, -0.2) is 26.3 Å². The maximum atomic E-state index is 5.98. The van der Waals surface area contributed by atoms with Crippen molar-refractivity contribution in [3.05, 3.63) is 48.0 Å². The average Bonchev–Trinajstić information content (AvgIpc) is 2.85. The van der Waals surface area contributed by atoms with Gasteiger partial charge in [0.15, 0.2) is 17.5 Å². The summed E-state index contributed by atoms with van der Waals surface area (Å²) in [6, 6.07) is 13.4. The van der Waals surface area contributed by atoms with Gasteiger partial charge >= 0.3 is 0 Å². The molecule has 1 aliphatic heterocycles. The molecule has 0 saturated heterocycles. The quantitative estimate of drug-likeness (QED) is 0.667. The number of hydrogen-bond acceptors (Lipinski definition) is 4. The number of nitrogens with one attached hydrogen (secondary N) is 1. The minimum Gasteiger partial charge on any atom is -0.496 e. The lowest BCUT2D eigenvalue weighted by Crippen LogP contribution is -2.22. The van der Waals surface area contributed by atoms with E-state index in [0.717, 1.165) is 34.9 Å². The Morgan fingerprint density at radius 1 is 1.17 bits per heavy atom. The number of para-hydroxylation sites is 1. The third kappa shape index (κ3) is 3.90. The SMILES string of the molecule is COc1ccccc1CN=C(N)Nc1ccc2c(c1)OCCCO2. The lowest BCUT2D eigenvalue weighted by atomic mass is 10.2. The Balaban J connectivity index is 1.68. The molecular formula is C18H21N3O3.